The molecule has 6 unspecified atom stereocenters. The average molecular weight is 343 g/mol. The second-order valence-electron chi connectivity index (χ2n) is 9.71. The van der Waals surface area contributed by atoms with Gasteiger partial charge in [0.15, 0.2) is 0 Å². The van der Waals surface area contributed by atoms with Crippen LogP contribution in [0, 0.1) is 40.4 Å². The van der Waals surface area contributed by atoms with E-state index in [4.69, 9.17) is 0 Å². The predicted octanol–water partition coefficient (Wildman–Crippen LogP) is 7.80. The zero-order valence-corrected chi connectivity index (χ0v) is 17.6. The van der Waals surface area contributed by atoms with Crippen LogP contribution < -0.4 is 0 Å². The van der Waals surface area contributed by atoms with Crippen molar-refractivity contribution in [2.75, 3.05) is 0 Å². The third-order valence-corrected chi connectivity index (χ3v) is 9.09. The van der Waals surface area contributed by atoms with E-state index < -0.39 is 0 Å². The Balaban J connectivity index is 1.97. The van der Waals surface area contributed by atoms with Gasteiger partial charge in [-0.15, -0.1) is 0 Å². The summed E-state index contributed by atoms with van der Waals surface area (Å²) in [5.41, 5.74) is 1.14. The van der Waals surface area contributed by atoms with Gasteiger partial charge in [0.1, 0.15) is 0 Å². The Morgan fingerprint density at radius 3 is 2.28 bits per heavy atom. The molecule has 0 heteroatoms. The van der Waals surface area contributed by atoms with Crippen LogP contribution in [0.15, 0.2) is 24.3 Å². The van der Waals surface area contributed by atoms with E-state index in [0.717, 1.165) is 29.6 Å². The van der Waals surface area contributed by atoms with Crippen molar-refractivity contribution in [3.05, 3.63) is 24.3 Å². The molecule has 142 valence electrons. The third-order valence-electron chi connectivity index (χ3n) is 9.09. The molecule has 0 spiro atoms. The first-order valence-electron chi connectivity index (χ1n) is 11.4. The molecule has 0 saturated heterocycles. The number of fused-ring (bicyclic) bond motifs is 1. The fourth-order valence-electron chi connectivity index (χ4n) is 7.62. The van der Waals surface area contributed by atoms with Crippen LogP contribution in [0.2, 0.25) is 0 Å². The van der Waals surface area contributed by atoms with E-state index >= 15 is 0 Å². The van der Waals surface area contributed by atoms with Gasteiger partial charge in [-0.2, -0.15) is 0 Å². The van der Waals surface area contributed by atoms with Gasteiger partial charge in [0.2, 0.25) is 0 Å². The summed E-state index contributed by atoms with van der Waals surface area (Å²) < 4.78 is 0. The van der Waals surface area contributed by atoms with E-state index in [2.05, 4.69) is 58.9 Å². The Kier molecular flexibility index (Phi) is 5.86. The summed E-state index contributed by atoms with van der Waals surface area (Å²) in [6, 6.07) is 0. The number of allylic oxidation sites excluding steroid dienone is 4. The number of hydrogen-bond acceptors (Lipinski definition) is 0. The highest BCUT2D eigenvalue weighted by Gasteiger charge is 2.56. The van der Waals surface area contributed by atoms with Crippen LogP contribution in [0.25, 0.3) is 0 Å². The first-order valence-corrected chi connectivity index (χ1v) is 11.4. The van der Waals surface area contributed by atoms with Crippen LogP contribution in [0.3, 0.4) is 0 Å². The number of rotatable bonds is 7. The zero-order chi connectivity index (χ0) is 18.1. The van der Waals surface area contributed by atoms with E-state index in [0.29, 0.717) is 10.8 Å². The molecule has 3 aliphatic rings. The minimum Gasteiger partial charge on any atom is -0.0806 e. The second kappa shape index (κ2) is 7.61. The molecule has 0 heterocycles. The molecule has 0 radical (unpaired) electrons. The van der Waals surface area contributed by atoms with Gasteiger partial charge in [0.05, 0.1) is 0 Å². The van der Waals surface area contributed by atoms with Gasteiger partial charge in [-0.05, 0) is 72.5 Å². The molecule has 2 saturated carbocycles. The Labute approximate surface area is 157 Å². The quantitative estimate of drug-likeness (QED) is 0.442. The van der Waals surface area contributed by atoms with Crippen LogP contribution in [0.4, 0.5) is 0 Å². The highest BCUT2D eigenvalue weighted by atomic mass is 14.6. The molecule has 0 amide bonds. The number of hydrogen-bond donors (Lipinski definition) is 0. The summed E-state index contributed by atoms with van der Waals surface area (Å²) in [4.78, 5) is 0. The van der Waals surface area contributed by atoms with Crippen LogP contribution in [-0.4, -0.2) is 0 Å². The highest BCUT2D eigenvalue weighted by molar-refractivity contribution is 5.21. The Morgan fingerprint density at radius 2 is 1.68 bits per heavy atom. The lowest BCUT2D eigenvalue weighted by molar-refractivity contribution is -0.0187. The van der Waals surface area contributed by atoms with Crippen molar-refractivity contribution >= 4 is 0 Å². The Morgan fingerprint density at radius 1 is 1.00 bits per heavy atom. The van der Waals surface area contributed by atoms with Crippen molar-refractivity contribution in [3.63, 3.8) is 0 Å². The van der Waals surface area contributed by atoms with E-state index in [1.54, 1.807) is 0 Å². The fourth-order valence-corrected chi connectivity index (χ4v) is 7.62. The van der Waals surface area contributed by atoms with Crippen molar-refractivity contribution in [2.24, 2.45) is 40.4 Å². The van der Waals surface area contributed by atoms with Gasteiger partial charge >= 0.3 is 0 Å². The van der Waals surface area contributed by atoms with Crippen LogP contribution in [-0.2, 0) is 0 Å². The molecular formula is C25H42. The normalized spacial score (nSPS) is 40.6. The average Bonchev–Trinajstić information content (AvgIpc) is 3.21. The van der Waals surface area contributed by atoms with Crippen molar-refractivity contribution in [1.29, 1.82) is 0 Å². The smallest absolute Gasteiger partial charge is 0.0131 e. The van der Waals surface area contributed by atoms with E-state index in [1.807, 2.05) is 0 Å². The topological polar surface area (TPSA) is 0 Å². The van der Waals surface area contributed by atoms with Crippen molar-refractivity contribution < 1.29 is 0 Å². The van der Waals surface area contributed by atoms with Crippen LogP contribution in [0.1, 0.15) is 92.4 Å². The molecule has 0 aromatic heterocycles. The summed E-state index contributed by atoms with van der Waals surface area (Å²) in [5.74, 6) is 4.39. The van der Waals surface area contributed by atoms with Crippen molar-refractivity contribution in [1.82, 2.24) is 0 Å². The lowest BCUT2D eigenvalue weighted by Gasteiger charge is -2.51. The van der Waals surface area contributed by atoms with Gasteiger partial charge in [0.25, 0.3) is 0 Å². The highest BCUT2D eigenvalue weighted by Crippen LogP contribution is 2.64. The molecule has 2 fully saturated rings. The molecule has 0 aromatic carbocycles. The van der Waals surface area contributed by atoms with Crippen molar-refractivity contribution in [2.45, 2.75) is 92.4 Å². The molecule has 0 aliphatic heterocycles. The molecular weight excluding hydrogens is 300 g/mol. The SMILES string of the molecule is CCCC1CC(C(CC)(CC)C2CCCC2(C)CC)C2C=CC=CC12. The summed E-state index contributed by atoms with van der Waals surface area (Å²) in [6.07, 6.45) is 22.6. The van der Waals surface area contributed by atoms with E-state index in [1.165, 1.54) is 57.8 Å². The van der Waals surface area contributed by atoms with Gasteiger partial charge < -0.3 is 0 Å². The minimum absolute atomic E-state index is 0.558. The Bertz CT molecular complexity index is 494. The largest absolute Gasteiger partial charge is 0.0806 e. The summed E-state index contributed by atoms with van der Waals surface area (Å²) in [6.45, 7) is 12.5. The third kappa shape index (κ3) is 3.06. The van der Waals surface area contributed by atoms with E-state index in [9.17, 15) is 0 Å². The first kappa shape index (κ1) is 19.2. The Hall–Kier alpha value is -0.520. The van der Waals surface area contributed by atoms with Crippen molar-refractivity contribution in [3.8, 4) is 0 Å². The predicted molar refractivity (Wildman–Crippen MR) is 111 cm³/mol. The molecule has 0 aromatic rings. The maximum Gasteiger partial charge on any atom is -0.0131 e. The monoisotopic (exact) mass is 342 g/mol. The molecule has 25 heavy (non-hydrogen) atoms. The molecule has 0 N–H and O–H groups in total. The molecule has 6 atom stereocenters. The second-order valence-corrected chi connectivity index (χ2v) is 9.71. The zero-order valence-electron chi connectivity index (χ0n) is 17.6. The maximum atomic E-state index is 2.62. The molecule has 0 nitrogen and oxygen atoms in total. The lowest BCUT2D eigenvalue weighted by Crippen LogP contribution is -2.44. The molecule has 3 aliphatic carbocycles. The fraction of sp³-hybridized carbons (Fsp3) is 0.840. The minimum atomic E-state index is 0.558. The van der Waals surface area contributed by atoms with Gasteiger partial charge in [-0.1, -0.05) is 84.6 Å². The first-order chi connectivity index (χ1) is 12.1. The molecule has 3 rings (SSSR count). The van der Waals surface area contributed by atoms with Crippen LogP contribution >= 0.6 is 0 Å². The lowest BCUT2D eigenvalue weighted by atomic mass is 9.53. The van der Waals surface area contributed by atoms with E-state index in [-0.39, 0.29) is 0 Å². The van der Waals surface area contributed by atoms with Crippen LogP contribution in [0.5, 0.6) is 0 Å². The van der Waals surface area contributed by atoms with Gasteiger partial charge in [-0.3, -0.25) is 0 Å². The van der Waals surface area contributed by atoms with Gasteiger partial charge in [-0.25, -0.2) is 0 Å². The summed E-state index contributed by atoms with van der Waals surface area (Å²) >= 11 is 0. The molecule has 0 bridgehead atoms. The standard InChI is InChI=1S/C25H42/c1-6-13-19-18-22(21-15-11-10-14-20(19)21)25(8-3,9-4)23-16-12-17-24(23,5)7-2/h10-11,14-15,19-23H,6-9,12-13,16-18H2,1-5H3. The maximum absolute atomic E-state index is 2.62. The summed E-state index contributed by atoms with van der Waals surface area (Å²) in [7, 11) is 0. The van der Waals surface area contributed by atoms with Gasteiger partial charge in [0, 0.05) is 0 Å². The summed E-state index contributed by atoms with van der Waals surface area (Å²) in [5, 5.41) is 0.